The maximum absolute atomic E-state index is 11.9. The van der Waals surface area contributed by atoms with E-state index in [0.717, 1.165) is 25.7 Å². The van der Waals surface area contributed by atoms with Crippen LogP contribution in [0.1, 0.15) is 45.4 Å². The molecule has 0 aromatic rings. The molecule has 0 aromatic carbocycles. The predicted molar refractivity (Wildman–Crippen MR) is 67.8 cm³/mol. The highest BCUT2D eigenvalue weighted by Gasteiger charge is 2.32. The maximum Gasteiger partial charge on any atom is 0.309 e. The predicted octanol–water partition coefficient (Wildman–Crippen LogP) is 1.94. The van der Waals surface area contributed by atoms with Gasteiger partial charge in [0.1, 0.15) is 6.10 Å². The highest BCUT2D eigenvalue weighted by Crippen LogP contribution is 2.24. The lowest BCUT2D eigenvalue weighted by atomic mass is 10.1. The molecule has 4 heteroatoms. The number of hydrogen-bond donors (Lipinski definition) is 1. The van der Waals surface area contributed by atoms with Crippen LogP contribution in [-0.2, 0) is 14.3 Å². The van der Waals surface area contributed by atoms with E-state index in [1.165, 1.54) is 0 Å². The minimum Gasteiger partial charge on any atom is -0.460 e. The average molecular weight is 251 g/mol. The maximum atomic E-state index is 11.9. The number of allylic oxidation sites excluding steroid dienone is 2. The molecule has 1 aliphatic carbocycles. The van der Waals surface area contributed by atoms with Gasteiger partial charge in [0.2, 0.25) is 5.91 Å². The van der Waals surface area contributed by atoms with Gasteiger partial charge in [0.25, 0.3) is 0 Å². The van der Waals surface area contributed by atoms with Gasteiger partial charge in [-0.25, -0.2) is 0 Å². The lowest BCUT2D eigenvalue weighted by Crippen LogP contribution is -2.42. The van der Waals surface area contributed by atoms with Crippen molar-refractivity contribution in [2.45, 2.75) is 57.6 Å². The summed E-state index contributed by atoms with van der Waals surface area (Å²) in [6.07, 6.45) is 8.53. The third kappa shape index (κ3) is 3.34. The molecule has 1 heterocycles. The summed E-state index contributed by atoms with van der Waals surface area (Å²) < 4.78 is 5.52. The van der Waals surface area contributed by atoms with E-state index in [9.17, 15) is 9.59 Å². The second-order valence-corrected chi connectivity index (χ2v) is 5.23. The van der Waals surface area contributed by atoms with E-state index in [4.69, 9.17) is 4.74 Å². The van der Waals surface area contributed by atoms with Crippen molar-refractivity contribution in [1.29, 1.82) is 0 Å². The Labute approximate surface area is 108 Å². The molecule has 0 saturated heterocycles. The number of rotatable bonds is 0. The summed E-state index contributed by atoms with van der Waals surface area (Å²) in [5.41, 5.74) is 0. The molecule has 0 aromatic heterocycles. The van der Waals surface area contributed by atoms with Crippen LogP contribution < -0.4 is 5.32 Å². The lowest BCUT2D eigenvalue weighted by Gasteiger charge is -2.23. The van der Waals surface area contributed by atoms with Crippen LogP contribution in [0.3, 0.4) is 0 Å². The molecule has 1 unspecified atom stereocenters. The van der Waals surface area contributed by atoms with Crippen LogP contribution in [0.5, 0.6) is 0 Å². The fourth-order valence-corrected chi connectivity index (χ4v) is 2.51. The third-order valence-electron chi connectivity index (χ3n) is 3.66. The molecule has 1 aliphatic heterocycles. The smallest absolute Gasteiger partial charge is 0.309 e. The van der Waals surface area contributed by atoms with E-state index in [-0.39, 0.29) is 29.9 Å². The van der Waals surface area contributed by atoms with Gasteiger partial charge >= 0.3 is 5.97 Å². The number of fused-ring (bicyclic) bond motifs is 1. The number of ether oxygens (including phenoxy) is 1. The highest BCUT2D eigenvalue weighted by molar-refractivity contribution is 5.77. The molecule has 1 fully saturated rings. The van der Waals surface area contributed by atoms with E-state index >= 15 is 0 Å². The van der Waals surface area contributed by atoms with E-state index < -0.39 is 0 Å². The second kappa shape index (κ2) is 6.03. The Morgan fingerprint density at radius 1 is 1.28 bits per heavy atom. The van der Waals surface area contributed by atoms with Crippen molar-refractivity contribution in [2.24, 2.45) is 5.92 Å². The SMILES string of the molecule is C[C@@H]1C/C=C/CCC(=O)N[C@H]2CCCC2OC1=O. The van der Waals surface area contributed by atoms with Gasteiger partial charge in [-0.3, -0.25) is 9.59 Å². The van der Waals surface area contributed by atoms with Crippen molar-refractivity contribution in [2.75, 3.05) is 0 Å². The summed E-state index contributed by atoms with van der Waals surface area (Å²) in [4.78, 5) is 23.6. The Bertz CT molecular complexity index is 351. The van der Waals surface area contributed by atoms with Gasteiger partial charge in [-0.2, -0.15) is 0 Å². The third-order valence-corrected chi connectivity index (χ3v) is 3.66. The number of esters is 1. The Kier molecular flexibility index (Phi) is 4.39. The minimum absolute atomic E-state index is 0.0112. The Morgan fingerprint density at radius 3 is 2.94 bits per heavy atom. The molecular weight excluding hydrogens is 230 g/mol. The van der Waals surface area contributed by atoms with Gasteiger partial charge in [0.15, 0.2) is 0 Å². The first-order valence-corrected chi connectivity index (χ1v) is 6.81. The molecule has 2 aliphatic rings. The largest absolute Gasteiger partial charge is 0.460 e. The fourth-order valence-electron chi connectivity index (χ4n) is 2.51. The van der Waals surface area contributed by atoms with Crippen molar-refractivity contribution < 1.29 is 14.3 Å². The average Bonchev–Trinajstić information content (AvgIpc) is 2.74. The lowest BCUT2D eigenvalue weighted by molar-refractivity contribution is -0.154. The van der Waals surface area contributed by atoms with Crippen LogP contribution in [-0.4, -0.2) is 24.0 Å². The van der Waals surface area contributed by atoms with Gasteiger partial charge in [0, 0.05) is 6.42 Å². The van der Waals surface area contributed by atoms with Crippen molar-refractivity contribution >= 4 is 11.9 Å². The van der Waals surface area contributed by atoms with Crippen LogP contribution in [0.2, 0.25) is 0 Å². The topological polar surface area (TPSA) is 55.4 Å². The molecular formula is C14H21NO3. The number of amides is 1. The van der Waals surface area contributed by atoms with Gasteiger partial charge in [0.05, 0.1) is 12.0 Å². The Hall–Kier alpha value is -1.32. The van der Waals surface area contributed by atoms with Gasteiger partial charge in [-0.05, 0) is 32.1 Å². The summed E-state index contributed by atoms with van der Waals surface area (Å²) in [5.74, 6) is -0.190. The summed E-state index contributed by atoms with van der Waals surface area (Å²) in [5, 5.41) is 2.98. The molecule has 0 radical (unpaired) electrons. The normalized spacial score (nSPS) is 35.7. The zero-order valence-corrected chi connectivity index (χ0v) is 10.9. The molecule has 0 bridgehead atoms. The van der Waals surface area contributed by atoms with Crippen LogP contribution in [0.15, 0.2) is 12.2 Å². The van der Waals surface area contributed by atoms with Crippen LogP contribution in [0.25, 0.3) is 0 Å². The summed E-state index contributed by atoms with van der Waals surface area (Å²) in [6.45, 7) is 1.89. The number of nitrogens with one attached hydrogen (secondary N) is 1. The van der Waals surface area contributed by atoms with Crippen molar-refractivity contribution in [3.63, 3.8) is 0 Å². The molecule has 1 amide bonds. The van der Waals surface area contributed by atoms with Crippen LogP contribution in [0.4, 0.5) is 0 Å². The van der Waals surface area contributed by atoms with Crippen molar-refractivity contribution in [1.82, 2.24) is 5.32 Å². The molecule has 4 nitrogen and oxygen atoms in total. The molecule has 1 saturated carbocycles. The van der Waals surface area contributed by atoms with Gasteiger partial charge in [-0.1, -0.05) is 19.1 Å². The van der Waals surface area contributed by atoms with E-state index in [1.54, 1.807) is 0 Å². The second-order valence-electron chi connectivity index (χ2n) is 5.23. The number of carbonyl (C=O) groups excluding carboxylic acids is 2. The minimum atomic E-state index is -0.147. The quantitative estimate of drug-likeness (QED) is 0.529. The number of hydrogen-bond acceptors (Lipinski definition) is 3. The standard InChI is InChI=1S/C14H21NO3/c1-10-6-3-2-4-9-13(16)15-11-7-5-8-12(11)18-14(10)17/h2-3,10-12H,4-9H2,1H3,(H,15,16)/b3-2+/t10-,11+,12?/m1/s1. The Morgan fingerprint density at radius 2 is 2.11 bits per heavy atom. The highest BCUT2D eigenvalue weighted by atomic mass is 16.5. The van der Waals surface area contributed by atoms with Crippen LogP contribution in [0, 0.1) is 5.92 Å². The van der Waals surface area contributed by atoms with Crippen LogP contribution >= 0.6 is 0 Å². The van der Waals surface area contributed by atoms with Crippen molar-refractivity contribution in [3.05, 3.63) is 12.2 Å². The molecule has 100 valence electrons. The molecule has 1 N–H and O–H groups in total. The summed E-state index contributed by atoms with van der Waals surface area (Å²) in [6, 6.07) is 0.0112. The molecule has 3 atom stereocenters. The Balaban J connectivity index is 2.06. The first-order chi connectivity index (χ1) is 8.66. The zero-order chi connectivity index (χ0) is 13.0. The summed E-state index contributed by atoms with van der Waals surface area (Å²) in [7, 11) is 0. The zero-order valence-electron chi connectivity index (χ0n) is 10.9. The van der Waals surface area contributed by atoms with E-state index in [1.807, 2.05) is 19.1 Å². The van der Waals surface area contributed by atoms with Gasteiger partial charge < -0.3 is 10.1 Å². The molecule has 2 rings (SSSR count). The first-order valence-electron chi connectivity index (χ1n) is 6.81. The molecule has 18 heavy (non-hydrogen) atoms. The van der Waals surface area contributed by atoms with Gasteiger partial charge in [-0.15, -0.1) is 0 Å². The monoisotopic (exact) mass is 251 g/mol. The van der Waals surface area contributed by atoms with E-state index in [2.05, 4.69) is 5.32 Å². The van der Waals surface area contributed by atoms with E-state index in [0.29, 0.717) is 12.8 Å². The fraction of sp³-hybridized carbons (Fsp3) is 0.714. The number of carbonyl (C=O) groups is 2. The molecule has 0 spiro atoms. The summed E-state index contributed by atoms with van der Waals surface area (Å²) >= 11 is 0. The first kappa shape index (κ1) is 13.1. The van der Waals surface area contributed by atoms with Crippen molar-refractivity contribution in [3.8, 4) is 0 Å².